The SMILES string of the molecule is CCOC(=O)c1csc(-c2cc(Br)c(Cc3ccc(S(N)(=O)=O)c(F)c3)n2CC2CC2)n1. The van der Waals surface area contributed by atoms with Gasteiger partial charge in [-0.3, -0.25) is 0 Å². The molecule has 0 aliphatic heterocycles. The van der Waals surface area contributed by atoms with Crippen LogP contribution in [0.4, 0.5) is 4.39 Å². The predicted octanol–water partition coefficient (Wildman–Crippen LogP) is 4.34. The fourth-order valence-corrected chi connectivity index (χ4v) is 5.42. The molecule has 170 valence electrons. The molecule has 32 heavy (non-hydrogen) atoms. The molecule has 0 saturated heterocycles. The summed E-state index contributed by atoms with van der Waals surface area (Å²) in [6.45, 7) is 2.80. The molecule has 1 aliphatic carbocycles. The molecule has 1 aromatic carbocycles. The summed E-state index contributed by atoms with van der Waals surface area (Å²) in [7, 11) is -4.12. The molecule has 1 aliphatic rings. The Bertz CT molecular complexity index is 1280. The molecule has 1 saturated carbocycles. The minimum Gasteiger partial charge on any atom is -0.461 e. The Morgan fingerprint density at radius 1 is 1.38 bits per heavy atom. The third-order valence-corrected chi connectivity index (χ3v) is 7.67. The fourth-order valence-electron chi connectivity index (χ4n) is 3.45. The van der Waals surface area contributed by atoms with Crippen LogP contribution in [-0.2, 0) is 27.7 Å². The van der Waals surface area contributed by atoms with Crippen LogP contribution in [0.2, 0.25) is 0 Å². The zero-order valence-electron chi connectivity index (χ0n) is 17.2. The Labute approximate surface area is 197 Å². The first-order valence-electron chi connectivity index (χ1n) is 9.99. The fraction of sp³-hybridized carbons (Fsp3) is 0.333. The van der Waals surface area contributed by atoms with Gasteiger partial charge in [0.05, 0.1) is 12.3 Å². The third-order valence-electron chi connectivity index (χ3n) is 5.18. The quantitative estimate of drug-likeness (QED) is 0.427. The number of hydrogen-bond acceptors (Lipinski definition) is 6. The molecule has 4 rings (SSSR count). The number of nitrogens with two attached hydrogens (primary N) is 1. The molecule has 0 radical (unpaired) electrons. The first kappa shape index (κ1) is 23.1. The number of sulfonamides is 1. The predicted molar refractivity (Wildman–Crippen MR) is 122 cm³/mol. The maximum absolute atomic E-state index is 14.4. The minimum atomic E-state index is -4.12. The molecule has 2 aromatic heterocycles. The van der Waals surface area contributed by atoms with Crippen LogP contribution in [-0.4, -0.2) is 30.5 Å². The van der Waals surface area contributed by atoms with Crippen molar-refractivity contribution in [1.82, 2.24) is 9.55 Å². The molecule has 0 amide bonds. The summed E-state index contributed by atoms with van der Waals surface area (Å²) in [5.74, 6) is -0.779. The Kier molecular flexibility index (Phi) is 6.53. The Morgan fingerprint density at radius 2 is 2.12 bits per heavy atom. The van der Waals surface area contributed by atoms with Crippen molar-refractivity contribution in [2.45, 2.75) is 37.6 Å². The number of thiazole rings is 1. The van der Waals surface area contributed by atoms with Crippen LogP contribution >= 0.6 is 27.3 Å². The highest BCUT2D eigenvalue weighted by molar-refractivity contribution is 9.10. The Morgan fingerprint density at radius 3 is 2.75 bits per heavy atom. The van der Waals surface area contributed by atoms with Gasteiger partial charge in [-0.1, -0.05) is 6.07 Å². The van der Waals surface area contributed by atoms with E-state index in [1.807, 2.05) is 6.07 Å². The second kappa shape index (κ2) is 9.05. The van der Waals surface area contributed by atoms with Crippen molar-refractivity contribution in [3.63, 3.8) is 0 Å². The number of halogens is 2. The van der Waals surface area contributed by atoms with Gasteiger partial charge in [-0.2, -0.15) is 0 Å². The van der Waals surface area contributed by atoms with Crippen LogP contribution in [0.25, 0.3) is 10.7 Å². The first-order valence-corrected chi connectivity index (χ1v) is 13.2. The van der Waals surface area contributed by atoms with Crippen LogP contribution in [0.15, 0.2) is 39.0 Å². The van der Waals surface area contributed by atoms with Gasteiger partial charge in [0.25, 0.3) is 0 Å². The van der Waals surface area contributed by atoms with E-state index in [1.54, 1.807) is 18.4 Å². The lowest BCUT2D eigenvalue weighted by molar-refractivity contribution is 0.0520. The molecule has 0 unspecified atom stereocenters. The summed E-state index contributed by atoms with van der Waals surface area (Å²) >= 11 is 4.97. The zero-order valence-corrected chi connectivity index (χ0v) is 20.4. The number of nitrogens with zero attached hydrogens (tertiary/aromatic N) is 2. The number of hydrogen-bond donors (Lipinski definition) is 1. The molecule has 7 nitrogen and oxygen atoms in total. The van der Waals surface area contributed by atoms with Crippen LogP contribution < -0.4 is 5.14 Å². The molecular weight excluding hydrogens is 521 g/mol. The maximum atomic E-state index is 14.4. The number of aromatic nitrogens is 2. The number of primary sulfonamides is 1. The first-order chi connectivity index (χ1) is 15.2. The van der Waals surface area contributed by atoms with Gasteiger partial charge in [-0.25, -0.2) is 27.7 Å². The summed E-state index contributed by atoms with van der Waals surface area (Å²) < 4.78 is 45.4. The zero-order chi connectivity index (χ0) is 23.0. The van der Waals surface area contributed by atoms with Gasteiger partial charge in [0.15, 0.2) is 5.69 Å². The van der Waals surface area contributed by atoms with E-state index in [4.69, 9.17) is 9.88 Å². The van der Waals surface area contributed by atoms with Gasteiger partial charge >= 0.3 is 5.97 Å². The largest absolute Gasteiger partial charge is 0.461 e. The van der Waals surface area contributed by atoms with Gasteiger partial charge in [0.2, 0.25) is 10.0 Å². The van der Waals surface area contributed by atoms with E-state index < -0.39 is 26.7 Å². The monoisotopic (exact) mass is 541 g/mol. The lowest BCUT2D eigenvalue weighted by atomic mass is 10.1. The average Bonchev–Trinajstić information content (AvgIpc) is 3.30. The number of esters is 1. The van der Waals surface area contributed by atoms with E-state index in [2.05, 4.69) is 25.5 Å². The standard InChI is InChI=1S/C21H21BrFN3O4S2/c1-2-30-21(27)16-11-31-20(25-16)18-9-14(22)17(26(18)10-12-3-4-12)8-13-5-6-19(15(23)7-13)32(24,28)29/h5-7,9,11-12H,2-4,8,10H2,1H3,(H2,24,28,29). The summed E-state index contributed by atoms with van der Waals surface area (Å²) in [6, 6.07) is 5.89. The number of carbonyl (C=O) groups excluding carboxylic acids is 1. The highest BCUT2D eigenvalue weighted by Gasteiger charge is 2.27. The van der Waals surface area contributed by atoms with Crippen molar-refractivity contribution < 1.29 is 22.3 Å². The van der Waals surface area contributed by atoms with Gasteiger partial charge in [-0.05, 0) is 65.4 Å². The third kappa shape index (κ3) is 4.95. The van der Waals surface area contributed by atoms with E-state index in [0.717, 1.165) is 35.2 Å². The van der Waals surface area contributed by atoms with Crippen molar-refractivity contribution in [3.05, 3.63) is 56.9 Å². The smallest absolute Gasteiger partial charge is 0.357 e. The van der Waals surface area contributed by atoms with E-state index >= 15 is 0 Å². The summed E-state index contributed by atoms with van der Waals surface area (Å²) in [4.78, 5) is 16.0. The van der Waals surface area contributed by atoms with Gasteiger partial charge < -0.3 is 9.30 Å². The van der Waals surface area contributed by atoms with Gasteiger partial charge in [0.1, 0.15) is 15.7 Å². The molecule has 3 aromatic rings. The number of rotatable bonds is 8. The molecule has 11 heteroatoms. The minimum absolute atomic E-state index is 0.268. The summed E-state index contributed by atoms with van der Waals surface area (Å²) in [5, 5.41) is 7.43. The summed E-state index contributed by atoms with van der Waals surface area (Å²) in [6.07, 6.45) is 2.65. The molecule has 2 N–H and O–H groups in total. The van der Waals surface area contributed by atoms with E-state index in [9.17, 15) is 17.6 Å². The maximum Gasteiger partial charge on any atom is 0.357 e. The van der Waals surface area contributed by atoms with E-state index in [-0.39, 0.29) is 12.3 Å². The lowest BCUT2D eigenvalue weighted by Gasteiger charge is -2.13. The van der Waals surface area contributed by atoms with Crippen molar-refractivity contribution in [1.29, 1.82) is 0 Å². The molecule has 2 heterocycles. The normalized spacial score (nSPS) is 14.0. The van der Waals surface area contributed by atoms with Crippen LogP contribution in [0.3, 0.4) is 0 Å². The summed E-state index contributed by atoms with van der Waals surface area (Å²) in [5.41, 5.74) is 2.66. The Hall–Kier alpha value is -2.08. The second-order valence-electron chi connectivity index (χ2n) is 7.62. The molecule has 0 bridgehead atoms. The second-order valence-corrected chi connectivity index (χ2v) is 10.9. The van der Waals surface area contributed by atoms with Crippen molar-refractivity contribution in [2.24, 2.45) is 11.1 Å². The van der Waals surface area contributed by atoms with Gasteiger partial charge in [0, 0.05) is 28.5 Å². The molecular formula is C21H21BrFN3O4S2. The van der Waals surface area contributed by atoms with Crippen LogP contribution in [0, 0.1) is 11.7 Å². The van der Waals surface area contributed by atoms with E-state index in [0.29, 0.717) is 22.9 Å². The van der Waals surface area contributed by atoms with Crippen molar-refractivity contribution >= 4 is 43.3 Å². The molecule has 0 spiro atoms. The molecule has 1 fully saturated rings. The highest BCUT2D eigenvalue weighted by Crippen LogP contribution is 2.38. The number of ether oxygens (including phenoxy) is 1. The van der Waals surface area contributed by atoms with Crippen LogP contribution in [0.5, 0.6) is 0 Å². The highest BCUT2D eigenvalue weighted by atomic mass is 79.9. The lowest BCUT2D eigenvalue weighted by Crippen LogP contribution is -2.14. The van der Waals surface area contributed by atoms with E-state index in [1.165, 1.54) is 23.5 Å². The number of benzene rings is 1. The van der Waals surface area contributed by atoms with Crippen molar-refractivity contribution in [3.8, 4) is 10.7 Å². The van der Waals surface area contributed by atoms with Crippen molar-refractivity contribution in [2.75, 3.05) is 6.61 Å². The average molecular weight is 542 g/mol. The molecule has 0 atom stereocenters. The van der Waals surface area contributed by atoms with Crippen LogP contribution in [0.1, 0.15) is 41.5 Å². The number of carbonyl (C=O) groups is 1. The topological polar surface area (TPSA) is 104 Å². The Balaban J connectivity index is 1.70. The van der Waals surface area contributed by atoms with Gasteiger partial charge in [-0.15, -0.1) is 11.3 Å².